The summed E-state index contributed by atoms with van der Waals surface area (Å²) >= 11 is 0. The summed E-state index contributed by atoms with van der Waals surface area (Å²) in [5, 5.41) is 11.1. The summed E-state index contributed by atoms with van der Waals surface area (Å²) < 4.78 is 9.57. The van der Waals surface area contributed by atoms with E-state index < -0.39 is 12.1 Å². The van der Waals surface area contributed by atoms with Crippen molar-refractivity contribution in [3.05, 3.63) is 30.0 Å². The number of alkyl carbamates (subject to hydrolysis) is 1. The van der Waals surface area contributed by atoms with E-state index in [0.29, 0.717) is 0 Å². The molecule has 17 heavy (non-hydrogen) atoms. The van der Waals surface area contributed by atoms with Crippen molar-refractivity contribution in [2.75, 3.05) is 6.61 Å². The third-order valence-corrected chi connectivity index (χ3v) is 1.75. The molecule has 0 aliphatic rings. The molecule has 0 aliphatic carbocycles. The van der Waals surface area contributed by atoms with Gasteiger partial charge in [-0.15, -0.1) is 0 Å². The highest BCUT2D eigenvalue weighted by molar-refractivity contribution is 5.85. The molecule has 0 radical (unpaired) electrons. The van der Waals surface area contributed by atoms with Crippen molar-refractivity contribution in [2.45, 2.75) is 13.5 Å². The first-order chi connectivity index (χ1) is 8.04. The summed E-state index contributed by atoms with van der Waals surface area (Å²) in [6, 6.07) is 0. The Morgan fingerprint density at radius 2 is 2.35 bits per heavy atom. The summed E-state index contributed by atoms with van der Waals surface area (Å²) in [5.74, 6) is -1.33. The van der Waals surface area contributed by atoms with Crippen LogP contribution in [0.4, 0.5) is 4.79 Å². The molecule has 0 atom stereocenters. The van der Waals surface area contributed by atoms with Gasteiger partial charge in [-0.25, -0.2) is 14.6 Å². The number of nitrogens with zero attached hydrogens (tertiary/aromatic N) is 1. The fourth-order valence-electron chi connectivity index (χ4n) is 1.06. The topological polar surface area (TPSA) is 102 Å². The predicted octanol–water partition coefficient (Wildman–Crippen LogP) is 1.09. The van der Waals surface area contributed by atoms with Crippen LogP contribution in [0.5, 0.6) is 0 Å². The quantitative estimate of drug-likeness (QED) is 0.747. The van der Waals surface area contributed by atoms with Gasteiger partial charge in [0, 0.05) is 0 Å². The highest BCUT2D eigenvalue weighted by Gasteiger charge is 2.16. The third kappa shape index (κ3) is 3.63. The lowest BCUT2D eigenvalue weighted by Gasteiger charge is -2.01. The van der Waals surface area contributed by atoms with Crippen molar-refractivity contribution in [3.63, 3.8) is 0 Å². The Hall–Kier alpha value is -2.31. The lowest BCUT2D eigenvalue weighted by Crippen LogP contribution is -2.23. The van der Waals surface area contributed by atoms with Gasteiger partial charge in [0.1, 0.15) is 6.61 Å². The number of aromatic nitrogens is 1. The van der Waals surface area contributed by atoms with Crippen molar-refractivity contribution >= 4 is 12.1 Å². The van der Waals surface area contributed by atoms with Gasteiger partial charge in [0.25, 0.3) is 0 Å². The van der Waals surface area contributed by atoms with Gasteiger partial charge in [-0.05, 0) is 6.92 Å². The number of rotatable bonds is 5. The number of hydrogen-bond acceptors (Lipinski definition) is 5. The van der Waals surface area contributed by atoms with Crippen LogP contribution in [0.15, 0.2) is 17.1 Å². The zero-order valence-electron chi connectivity index (χ0n) is 9.23. The Labute approximate surface area is 97.1 Å². The zero-order valence-corrected chi connectivity index (χ0v) is 9.23. The van der Waals surface area contributed by atoms with E-state index >= 15 is 0 Å². The molecule has 1 heterocycles. The van der Waals surface area contributed by atoms with Crippen molar-refractivity contribution < 1.29 is 23.8 Å². The summed E-state index contributed by atoms with van der Waals surface area (Å²) in [6.07, 6.45) is 0.773. The first-order valence-corrected chi connectivity index (χ1v) is 4.75. The van der Waals surface area contributed by atoms with E-state index in [-0.39, 0.29) is 30.5 Å². The van der Waals surface area contributed by atoms with Crippen LogP contribution < -0.4 is 5.32 Å². The van der Waals surface area contributed by atoms with Crippen LogP contribution in [0, 0.1) is 6.92 Å². The largest absolute Gasteiger partial charge is 0.475 e. The van der Waals surface area contributed by atoms with Crippen LogP contribution in [-0.2, 0) is 11.3 Å². The average Bonchev–Trinajstić information content (AvgIpc) is 2.65. The number of carboxylic acids is 1. The second-order valence-electron chi connectivity index (χ2n) is 3.07. The summed E-state index contributed by atoms with van der Waals surface area (Å²) in [4.78, 5) is 25.5. The Balaban J connectivity index is 2.52. The molecular formula is C10H12N2O5. The molecular weight excluding hydrogens is 228 g/mol. The molecule has 0 saturated heterocycles. The van der Waals surface area contributed by atoms with E-state index in [1.54, 1.807) is 0 Å². The minimum absolute atomic E-state index is 0.0376. The van der Waals surface area contributed by atoms with Gasteiger partial charge in [0.15, 0.2) is 0 Å². The van der Waals surface area contributed by atoms with Crippen molar-refractivity contribution in [3.8, 4) is 0 Å². The van der Waals surface area contributed by atoms with E-state index in [0.717, 1.165) is 0 Å². The van der Waals surface area contributed by atoms with E-state index in [2.05, 4.69) is 21.6 Å². The number of carbonyl (C=O) groups is 2. The van der Waals surface area contributed by atoms with Gasteiger partial charge in [0.05, 0.1) is 12.2 Å². The molecule has 0 bridgehead atoms. The summed E-state index contributed by atoms with van der Waals surface area (Å²) in [6.45, 7) is 4.95. The minimum atomic E-state index is -1.20. The second kappa shape index (κ2) is 5.69. The third-order valence-electron chi connectivity index (χ3n) is 1.75. The van der Waals surface area contributed by atoms with Crippen molar-refractivity contribution in [1.29, 1.82) is 0 Å². The Bertz CT molecular complexity index is 438. The maximum Gasteiger partial charge on any atom is 0.407 e. The lowest BCUT2D eigenvalue weighted by atomic mass is 10.4. The van der Waals surface area contributed by atoms with Crippen LogP contribution in [0.2, 0.25) is 0 Å². The molecule has 92 valence electrons. The molecule has 0 spiro atoms. The maximum atomic E-state index is 11.0. The van der Waals surface area contributed by atoms with Gasteiger partial charge >= 0.3 is 12.1 Å². The lowest BCUT2D eigenvalue weighted by molar-refractivity contribution is 0.0659. The molecule has 0 aromatic carbocycles. The smallest absolute Gasteiger partial charge is 0.407 e. The monoisotopic (exact) mass is 240 g/mol. The van der Waals surface area contributed by atoms with E-state index in [1.165, 1.54) is 13.0 Å². The summed E-state index contributed by atoms with van der Waals surface area (Å²) in [5.41, 5.74) is 0.258. The highest BCUT2D eigenvalue weighted by Crippen LogP contribution is 2.09. The Kier molecular flexibility index (Phi) is 4.27. The predicted molar refractivity (Wildman–Crippen MR) is 56.6 cm³/mol. The van der Waals surface area contributed by atoms with Gasteiger partial charge in [-0.3, -0.25) is 0 Å². The zero-order chi connectivity index (χ0) is 12.8. The van der Waals surface area contributed by atoms with Crippen LogP contribution in [0.3, 0.4) is 0 Å². The number of carbonyl (C=O) groups excluding carboxylic acids is 1. The number of nitrogens with one attached hydrogen (secondary N) is 1. The number of oxazole rings is 1. The number of aryl methyl sites for hydroxylation is 1. The first-order valence-electron chi connectivity index (χ1n) is 4.75. The Morgan fingerprint density at radius 3 is 2.88 bits per heavy atom. The van der Waals surface area contributed by atoms with E-state index in [9.17, 15) is 9.59 Å². The molecule has 1 rings (SSSR count). The van der Waals surface area contributed by atoms with Gasteiger partial charge in [0.2, 0.25) is 11.7 Å². The number of amides is 1. The van der Waals surface area contributed by atoms with Crippen LogP contribution in [-0.4, -0.2) is 28.8 Å². The number of aromatic carboxylic acids is 1. The molecule has 7 heteroatoms. The molecule has 0 saturated carbocycles. The molecule has 1 aromatic rings. The van der Waals surface area contributed by atoms with Crippen molar-refractivity contribution in [2.24, 2.45) is 0 Å². The fourth-order valence-corrected chi connectivity index (χ4v) is 1.06. The first kappa shape index (κ1) is 12.8. The second-order valence-corrected chi connectivity index (χ2v) is 3.07. The minimum Gasteiger partial charge on any atom is -0.475 e. The SMILES string of the molecule is C=CCOC(=O)NCc1nc(C)c(C(=O)O)o1. The average molecular weight is 240 g/mol. The standard InChI is InChI=1S/C10H12N2O5/c1-3-4-16-10(15)11-5-7-12-6(2)8(17-7)9(13)14/h3H,1,4-5H2,2H3,(H,11,15)(H,13,14). The number of carboxylic acid groups (broad SMARTS) is 1. The van der Waals surface area contributed by atoms with Gasteiger partial charge in [-0.1, -0.05) is 12.7 Å². The van der Waals surface area contributed by atoms with Crippen LogP contribution in [0.1, 0.15) is 22.1 Å². The van der Waals surface area contributed by atoms with Gasteiger partial charge in [-0.2, -0.15) is 0 Å². The van der Waals surface area contributed by atoms with Crippen LogP contribution >= 0.6 is 0 Å². The van der Waals surface area contributed by atoms with E-state index in [4.69, 9.17) is 9.52 Å². The molecule has 1 amide bonds. The highest BCUT2D eigenvalue weighted by atomic mass is 16.5. The normalized spacial score (nSPS) is 9.71. The van der Waals surface area contributed by atoms with Gasteiger partial charge < -0.3 is 19.6 Å². The van der Waals surface area contributed by atoms with Crippen molar-refractivity contribution in [1.82, 2.24) is 10.3 Å². The van der Waals surface area contributed by atoms with E-state index in [1.807, 2.05) is 0 Å². The molecule has 2 N–H and O–H groups in total. The number of ether oxygens (including phenoxy) is 1. The van der Waals surface area contributed by atoms with Crippen LogP contribution in [0.25, 0.3) is 0 Å². The number of hydrogen-bond donors (Lipinski definition) is 2. The molecule has 0 fully saturated rings. The maximum absolute atomic E-state index is 11.0. The fraction of sp³-hybridized carbons (Fsp3) is 0.300. The molecule has 0 aliphatic heterocycles. The summed E-state index contributed by atoms with van der Waals surface area (Å²) in [7, 11) is 0. The molecule has 1 aromatic heterocycles. The molecule has 0 unspecified atom stereocenters. The molecule has 7 nitrogen and oxygen atoms in total. The Morgan fingerprint density at radius 1 is 1.65 bits per heavy atom.